The summed E-state index contributed by atoms with van der Waals surface area (Å²) in [5.41, 5.74) is 0.835. The molecule has 0 aromatic carbocycles. The molecule has 1 rings (SSSR count). The van der Waals surface area contributed by atoms with Crippen LogP contribution in [0.4, 0.5) is 0 Å². The van der Waals surface area contributed by atoms with Gasteiger partial charge in [0.2, 0.25) is 10.0 Å². The third-order valence-corrected chi connectivity index (χ3v) is 3.37. The Kier molecular flexibility index (Phi) is 4.51. The molecule has 1 aromatic heterocycles. The molecule has 0 saturated heterocycles. The van der Waals surface area contributed by atoms with Crippen LogP contribution in [0.3, 0.4) is 0 Å². The number of aromatic nitrogens is 1. The Morgan fingerprint density at radius 2 is 2.25 bits per heavy atom. The first-order valence-corrected chi connectivity index (χ1v) is 6.45. The van der Waals surface area contributed by atoms with E-state index in [1.807, 2.05) is 0 Å². The molecule has 0 aliphatic carbocycles. The Balaban J connectivity index is 2.31. The van der Waals surface area contributed by atoms with E-state index in [1.54, 1.807) is 18.5 Å². The van der Waals surface area contributed by atoms with Crippen molar-refractivity contribution in [2.75, 3.05) is 5.75 Å². The number of carboxylic acids is 1. The largest absolute Gasteiger partial charge is 0.481 e. The first kappa shape index (κ1) is 12.7. The number of hydrogen-bond acceptors (Lipinski definition) is 3. The molecular formula is C9H14N2O4S. The lowest BCUT2D eigenvalue weighted by atomic mass is 10.3. The number of H-pyrrole nitrogens is 1. The van der Waals surface area contributed by atoms with Crippen molar-refractivity contribution in [1.29, 1.82) is 0 Å². The van der Waals surface area contributed by atoms with Crippen LogP contribution in [0.15, 0.2) is 18.5 Å². The zero-order chi connectivity index (χ0) is 12.0. The normalized spacial score (nSPS) is 11.5. The SMILES string of the molecule is O=C(O)CCCS(=O)(=O)NCc1cc[nH]c1. The van der Waals surface area contributed by atoms with Gasteiger partial charge < -0.3 is 10.1 Å². The van der Waals surface area contributed by atoms with Gasteiger partial charge in [0.1, 0.15) is 0 Å². The molecular weight excluding hydrogens is 232 g/mol. The molecule has 0 spiro atoms. The van der Waals surface area contributed by atoms with Gasteiger partial charge in [0.25, 0.3) is 0 Å². The highest BCUT2D eigenvalue weighted by Crippen LogP contribution is 1.99. The first-order valence-electron chi connectivity index (χ1n) is 4.80. The summed E-state index contributed by atoms with van der Waals surface area (Å²) in [6, 6.07) is 1.76. The molecule has 0 aliphatic heterocycles. The van der Waals surface area contributed by atoms with Crippen molar-refractivity contribution in [3.63, 3.8) is 0 Å². The summed E-state index contributed by atoms with van der Waals surface area (Å²) in [5.74, 6) is -1.15. The Morgan fingerprint density at radius 3 is 2.81 bits per heavy atom. The maximum atomic E-state index is 11.4. The van der Waals surface area contributed by atoms with Crippen LogP contribution in [0.2, 0.25) is 0 Å². The van der Waals surface area contributed by atoms with Gasteiger partial charge in [-0.3, -0.25) is 4.79 Å². The van der Waals surface area contributed by atoms with Crippen molar-refractivity contribution in [3.05, 3.63) is 24.0 Å². The average molecular weight is 246 g/mol. The minimum absolute atomic E-state index is 0.123. The highest BCUT2D eigenvalue weighted by atomic mass is 32.2. The van der Waals surface area contributed by atoms with Gasteiger partial charge in [0.05, 0.1) is 5.75 Å². The van der Waals surface area contributed by atoms with E-state index >= 15 is 0 Å². The summed E-state index contributed by atoms with van der Waals surface area (Å²) in [7, 11) is -3.38. The summed E-state index contributed by atoms with van der Waals surface area (Å²) in [6.45, 7) is 0.221. The van der Waals surface area contributed by atoms with Gasteiger partial charge >= 0.3 is 5.97 Å². The van der Waals surface area contributed by atoms with Gasteiger partial charge in [0, 0.05) is 25.4 Å². The van der Waals surface area contributed by atoms with Crippen molar-refractivity contribution in [1.82, 2.24) is 9.71 Å². The molecule has 3 N–H and O–H groups in total. The Labute approximate surface area is 93.7 Å². The van der Waals surface area contributed by atoms with Crippen LogP contribution in [0.5, 0.6) is 0 Å². The summed E-state index contributed by atoms with van der Waals surface area (Å²) < 4.78 is 25.2. The first-order chi connectivity index (χ1) is 7.49. The maximum absolute atomic E-state index is 11.4. The van der Waals surface area contributed by atoms with Crippen molar-refractivity contribution in [2.24, 2.45) is 0 Å². The Morgan fingerprint density at radius 1 is 1.50 bits per heavy atom. The molecule has 0 atom stereocenters. The Bertz CT molecular complexity index is 424. The van der Waals surface area contributed by atoms with E-state index in [0.29, 0.717) is 0 Å². The molecule has 0 saturated carbocycles. The van der Waals surface area contributed by atoms with Crippen molar-refractivity contribution in [2.45, 2.75) is 19.4 Å². The zero-order valence-corrected chi connectivity index (χ0v) is 9.46. The number of nitrogens with one attached hydrogen (secondary N) is 2. The second-order valence-electron chi connectivity index (χ2n) is 3.36. The second kappa shape index (κ2) is 5.66. The van der Waals surface area contributed by atoms with Gasteiger partial charge in [-0.25, -0.2) is 13.1 Å². The van der Waals surface area contributed by atoms with Gasteiger partial charge in [-0.2, -0.15) is 0 Å². The maximum Gasteiger partial charge on any atom is 0.303 e. The van der Waals surface area contributed by atoms with E-state index in [9.17, 15) is 13.2 Å². The standard InChI is InChI=1S/C9H14N2O4S/c12-9(13)2-1-5-16(14,15)11-7-8-3-4-10-6-8/h3-4,6,10-11H,1-2,5,7H2,(H,12,13). The fraction of sp³-hybridized carbons (Fsp3) is 0.444. The molecule has 0 unspecified atom stereocenters. The number of aromatic amines is 1. The lowest BCUT2D eigenvalue weighted by Gasteiger charge is -2.04. The average Bonchev–Trinajstić information content (AvgIpc) is 2.66. The van der Waals surface area contributed by atoms with Crippen LogP contribution < -0.4 is 4.72 Å². The fourth-order valence-corrected chi connectivity index (χ4v) is 2.20. The van der Waals surface area contributed by atoms with Gasteiger partial charge in [0.15, 0.2) is 0 Å². The van der Waals surface area contributed by atoms with E-state index in [-0.39, 0.29) is 25.1 Å². The van der Waals surface area contributed by atoms with E-state index < -0.39 is 16.0 Å². The van der Waals surface area contributed by atoms with Crippen molar-refractivity contribution < 1.29 is 18.3 Å². The number of carbonyl (C=O) groups is 1. The minimum atomic E-state index is -3.38. The van der Waals surface area contributed by atoms with Crippen LogP contribution in [0, 0.1) is 0 Å². The molecule has 0 fully saturated rings. The fourth-order valence-electron chi connectivity index (χ4n) is 1.15. The molecule has 7 heteroatoms. The third kappa shape index (κ3) is 4.94. The van der Waals surface area contributed by atoms with E-state index in [0.717, 1.165) is 5.56 Å². The predicted octanol–water partition coefficient (Wildman–Crippen LogP) is 0.299. The second-order valence-corrected chi connectivity index (χ2v) is 5.28. The number of carboxylic acid groups (broad SMARTS) is 1. The van der Waals surface area contributed by atoms with E-state index in [2.05, 4.69) is 9.71 Å². The van der Waals surface area contributed by atoms with E-state index in [4.69, 9.17) is 5.11 Å². The van der Waals surface area contributed by atoms with Gasteiger partial charge in [-0.1, -0.05) is 0 Å². The lowest BCUT2D eigenvalue weighted by Crippen LogP contribution is -2.26. The van der Waals surface area contributed by atoms with Gasteiger partial charge in [-0.15, -0.1) is 0 Å². The summed E-state index contributed by atoms with van der Waals surface area (Å²) in [6.07, 6.45) is 3.39. The summed E-state index contributed by atoms with van der Waals surface area (Å²) in [4.78, 5) is 13.0. The lowest BCUT2D eigenvalue weighted by molar-refractivity contribution is -0.137. The predicted molar refractivity (Wildman–Crippen MR) is 58.3 cm³/mol. The third-order valence-electron chi connectivity index (χ3n) is 1.96. The summed E-state index contributed by atoms with van der Waals surface area (Å²) in [5, 5.41) is 8.37. The molecule has 0 bridgehead atoms. The smallest absolute Gasteiger partial charge is 0.303 e. The topological polar surface area (TPSA) is 99.3 Å². The highest BCUT2D eigenvalue weighted by Gasteiger charge is 2.10. The molecule has 1 aromatic rings. The number of hydrogen-bond donors (Lipinski definition) is 3. The van der Waals surface area contributed by atoms with Crippen LogP contribution in [0.25, 0.3) is 0 Å². The molecule has 6 nitrogen and oxygen atoms in total. The molecule has 0 radical (unpaired) electrons. The highest BCUT2D eigenvalue weighted by molar-refractivity contribution is 7.89. The van der Waals surface area contributed by atoms with Crippen molar-refractivity contribution in [3.8, 4) is 0 Å². The van der Waals surface area contributed by atoms with Crippen LogP contribution in [-0.2, 0) is 21.4 Å². The van der Waals surface area contributed by atoms with Crippen molar-refractivity contribution >= 4 is 16.0 Å². The molecule has 1 heterocycles. The quantitative estimate of drug-likeness (QED) is 0.644. The molecule has 16 heavy (non-hydrogen) atoms. The van der Waals surface area contributed by atoms with Crippen LogP contribution in [0.1, 0.15) is 18.4 Å². The molecule has 0 aliphatic rings. The van der Waals surface area contributed by atoms with Crippen LogP contribution >= 0.6 is 0 Å². The minimum Gasteiger partial charge on any atom is -0.481 e. The number of aliphatic carboxylic acids is 1. The number of rotatable bonds is 7. The monoisotopic (exact) mass is 246 g/mol. The zero-order valence-electron chi connectivity index (χ0n) is 8.64. The summed E-state index contributed by atoms with van der Waals surface area (Å²) >= 11 is 0. The Hall–Kier alpha value is -1.34. The van der Waals surface area contributed by atoms with E-state index in [1.165, 1.54) is 0 Å². The molecule has 0 amide bonds. The molecule has 90 valence electrons. The van der Waals surface area contributed by atoms with Crippen LogP contribution in [-0.4, -0.2) is 30.2 Å². The number of sulfonamides is 1. The van der Waals surface area contributed by atoms with Gasteiger partial charge in [-0.05, 0) is 18.1 Å².